The first kappa shape index (κ1) is 12.5. The molecule has 2 nitrogen and oxygen atoms in total. The highest BCUT2D eigenvalue weighted by molar-refractivity contribution is 14.1. The lowest BCUT2D eigenvalue weighted by atomic mass is 10.1. The summed E-state index contributed by atoms with van der Waals surface area (Å²) in [4.78, 5) is 4.51. The fourth-order valence-electron chi connectivity index (χ4n) is 1.80. The average molecular weight is 344 g/mol. The maximum absolute atomic E-state index is 13.5. The average Bonchev–Trinajstić information content (AvgIpc) is 2.34. The zero-order chi connectivity index (χ0) is 12.4. The lowest BCUT2D eigenvalue weighted by Gasteiger charge is -2.11. The van der Waals surface area contributed by atoms with Crippen LogP contribution in [0.1, 0.15) is 19.5 Å². The first-order valence-corrected chi connectivity index (χ1v) is 6.76. The summed E-state index contributed by atoms with van der Waals surface area (Å²) in [6.45, 7) is 4.94. The van der Waals surface area contributed by atoms with Gasteiger partial charge in [0.1, 0.15) is 5.82 Å². The number of fused-ring (bicyclic) bond motifs is 1. The molecule has 1 aromatic heterocycles. The third kappa shape index (κ3) is 2.36. The van der Waals surface area contributed by atoms with Crippen molar-refractivity contribution < 1.29 is 4.39 Å². The summed E-state index contributed by atoms with van der Waals surface area (Å²) >= 11 is 2.02. The second-order valence-electron chi connectivity index (χ2n) is 3.80. The number of aryl methyl sites for hydroxylation is 1. The van der Waals surface area contributed by atoms with Gasteiger partial charge in [-0.2, -0.15) is 0 Å². The van der Waals surface area contributed by atoms with E-state index in [-0.39, 0.29) is 5.82 Å². The molecule has 0 spiro atoms. The van der Waals surface area contributed by atoms with Gasteiger partial charge in [-0.3, -0.25) is 4.98 Å². The quantitative estimate of drug-likeness (QED) is 0.853. The van der Waals surface area contributed by atoms with Gasteiger partial charge in [0.15, 0.2) is 0 Å². The second kappa shape index (κ2) is 5.16. The predicted molar refractivity (Wildman–Crippen MR) is 78.0 cm³/mol. The molecule has 0 bridgehead atoms. The Bertz CT molecular complexity index is 555. The highest BCUT2D eigenvalue weighted by atomic mass is 127. The van der Waals surface area contributed by atoms with Crippen LogP contribution in [-0.4, -0.2) is 11.5 Å². The van der Waals surface area contributed by atoms with Crippen LogP contribution in [0, 0.1) is 9.39 Å². The van der Waals surface area contributed by atoms with Crippen LogP contribution in [0.2, 0.25) is 0 Å². The molecule has 0 saturated heterocycles. The first-order chi connectivity index (χ1) is 8.17. The van der Waals surface area contributed by atoms with Crippen LogP contribution in [0.15, 0.2) is 18.2 Å². The van der Waals surface area contributed by atoms with Gasteiger partial charge < -0.3 is 5.32 Å². The number of hydrogen-bond acceptors (Lipinski definition) is 2. The Morgan fingerprint density at radius 2 is 2.12 bits per heavy atom. The van der Waals surface area contributed by atoms with Crippen molar-refractivity contribution in [1.29, 1.82) is 0 Å². The zero-order valence-corrected chi connectivity index (χ0v) is 12.0. The number of anilines is 1. The van der Waals surface area contributed by atoms with Crippen molar-refractivity contribution in [3.8, 4) is 0 Å². The number of aromatic nitrogens is 1. The third-order valence-corrected chi connectivity index (χ3v) is 3.68. The van der Waals surface area contributed by atoms with E-state index in [9.17, 15) is 4.39 Å². The molecule has 0 aliphatic heterocycles. The fraction of sp³-hybridized carbons (Fsp3) is 0.308. The maximum atomic E-state index is 13.5. The molecule has 1 N–H and O–H groups in total. The van der Waals surface area contributed by atoms with Gasteiger partial charge in [0.2, 0.25) is 0 Å². The van der Waals surface area contributed by atoms with Crippen molar-refractivity contribution in [2.24, 2.45) is 0 Å². The topological polar surface area (TPSA) is 24.9 Å². The number of nitrogens with one attached hydrogen (secondary N) is 1. The maximum Gasteiger partial charge on any atom is 0.138 e. The number of nitrogens with zero attached hydrogens (tertiary/aromatic N) is 1. The van der Waals surface area contributed by atoms with Gasteiger partial charge >= 0.3 is 0 Å². The van der Waals surface area contributed by atoms with E-state index < -0.39 is 0 Å². The van der Waals surface area contributed by atoms with E-state index in [4.69, 9.17) is 0 Å². The van der Waals surface area contributed by atoms with Crippen LogP contribution >= 0.6 is 22.6 Å². The summed E-state index contributed by atoms with van der Waals surface area (Å²) in [5, 5.41) is 4.29. The SMILES string of the molecule is CCNc1cc(CC)nc2c(I)c(F)ccc12. The first-order valence-electron chi connectivity index (χ1n) is 5.68. The molecule has 0 saturated carbocycles. The number of hydrogen-bond donors (Lipinski definition) is 1. The van der Waals surface area contributed by atoms with Gasteiger partial charge in [-0.25, -0.2) is 4.39 Å². The van der Waals surface area contributed by atoms with Gasteiger partial charge in [0, 0.05) is 23.3 Å². The van der Waals surface area contributed by atoms with Crippen LogP contribution in [0.3, 0.4) is 0 Å². The van der Waals surface area contributed by atoms with E-state index in [0.29, 0.717) is 3.57 Å². The van der Waals surface area contributed by atoms with Crippen molar-refractivity contribution in [2.45, 2.75) is 20.3 Å². The molecule has 4 heteroatoms. The molecule has 0 atom stereocenters. The molecule has 1 aromatic carbocycles. The summed E-state index contributed by atoms with van der Waals surface area (Å²) in [6, 6.07) is 5.33. The molecule has 0 amide bonds. The Morgan fingerprint density at radius 3 is 2.76 bits per heavy atom. The van der Waals surface area contributed by atoms with E-state index in [1.165, 1.54) is 6.07 Å². The second-order valence-corrected chi connectivity index (χ2v) is 4.88. The Labute approximate surface area is 114 Å². The molecule has 1 heterocycles. The van der Waals surface area contributed by atoms with Crippen LogP contribution in [0.25, 0.3) is 10.9 Å². The van der Waals surface area contributed by atoms with Gasteiger partial charge in [0.25, 0.3) is 0 Å². The van der Waals surface area contributed by atoms with E-state index >= 15 is 0 Å². The summed E-state index contributed by atoms with van der Waals surface area (Å²) in [5.74, 6) is -0.207. The minimum atomic E-state index is -0.207. The molecular weight excluding hydrogens is 330 g/mol. The van der Waals surface area contributed by atoms with Gasteiger partial charge in [-0.1, -0.05) is 6.92 Å². The van der Waals surface area contributed by atoms with Crippen molar-refractivity contribution in [2.75, 3.05) is 11.9 Å². The minimum Gasteiger partial charge on any atom is -0.385 e. The zero-order valence-electron chi connectivity index (χ0n) is 9.85. The molecule has 0 aliphatic carbocycles. The molecule has 90 valence electrons. The summed E-state index contributed by atoms with van der Waals surface area (Å²) < 4.78 is 14.1. The monoisotopic (exact) mass is 344 g/mol. The van der Waals surface area contributed by atoms with E-state index in [0.717, 1.165) is 35.2 Å². The Balaban J connectivity index is 2.76. The lowest BCUT2D eigenvalue weighted by molar-refractivity contribution is 0.622. The molecule has 2 aromatic rings. The standard InChI is InChI=1S/C13H14FIN2/c1-3-8-7-11(16-4-2)9-5-6-10(14)12(15)13(9)17-8/h5-7H,3-4H2,1-2H3,(H,16,17). The van der Waals surface area contributed by atoms with Gasteiger partial charge in [0.05, 0.1) is 9.09 Å². The molecule has 2 rings (SSSR count). The van der Waals surface area contributed by atoms with Crippen LogP contribution < -0.4 is 5.32 Å². The van der Waals surface area contributed by atoms with Crippen LogP contribution in [0.4, 0.5) is 10.1 Å². The van der Waals surface area contributed by atoms with E-state index in [2.05, 4.69) is 17.2 Å². The number of halogens is 2. The molecule has 0 aliphatic rings. The van der Waals surface area contributed by atoms with E-state index in [1.807, 2.05) is 35.6 Å². The fourth-order valence-corrected chi connectivity index (χ4v) is 2.40. The number of benzene rings is 1. The Hall–Kier alpha value is -0.910. The molecule has 0 radical (unpaired) electrons. The minimum absolute atomic E-state index is 0.207. The van der Waals surface area contributed by atoms with Gasteiger partial charge in [-0.15, -0.1) is 0 Å². The predicted octanol–water partition coefficient (Wildman–Crippen LogP) is 3.97. The highest BCUT2D eigenvalue weighted by Gasteiger charge is 2.10. The molecule has 0 fully saturated rings. The highest BCUT2D eigenvalue weighted by Crippen LogP contribution is 2.28. The number of pyridine rings is 1. The van der Waals surface area contributed by atoms with Crippen molar-refractivity contribution in [1.82, 2.24) is 4.98 Å². The molecule has 17 heavy (non-hydrogen) atoms. The lowest BCUT2D eigenvalue weighted by Crippen LogP contribution is -2.01. The van der Waals surface area contributed by atoms with Crippen LogP contribution in [-0.2, 0) is 6.42 Å². The van der Waals surface area contributed by atoms with Gasteiger partial charge in [-0.05, 0) is 54.1 Å². The van der Waals surface area contributed by atoms with Crippen LogP contribution in [0.5, 0.6) is 0 Å². The normalized spacial score (nSPS) is 10.8. The number of rotatable bonds is 3. The largest absolute Gasteiger partial charge is 0.385 e. The third-order valence-electron chi connectivity index (χ3n) is 2.66. The van der Waals surface area contributed by atoms with Crippen molar-refractivity contribution >= 4 is 39.2 Å². The Morgan fingerprint density at radius 1 is 1.35 bits per heavy atom. The smallest absolute Gasteiger partial charge is 0.138 e. The van der Waals surface area contributed by atoms with Crippen molar-refractivity contribution in [3.05, 3.63) is 33.3 Å². The Kier molecular flexibility index (Phi) is 3.81. The van der Waals surface area contributed by atoms with Crippen molar-refractivity contribution in [3.63, 3.8) is 0 Å². The molecular formula is C13H14FIN2. The summed E-state index contributed by atoms with van der Waals surface area (Å²) in [6.07, 6.45) is 0.848. The summed E-state index contributed by atoms with van der Waals surface area (Å²) in [7, 11) is 0. The van der Waals surface area contributed by atoms with E-state index in [1.54, 1.807) is 6.07 Å². The molecule has 0 unspecified atom stereocenters. The summed E-state index contributed by atoms with van der Waals surface area (Å²) in [5.41, 5.74) is 2.77.